The molecule has 4 aromatic rings. The van der Waals surface area contributed by atoms with E-state index in [0.29, 0.717) is 26.1 Å². The maximum absolute atomic E-state index is 15.9. The second-order valence-corrected chi connectivity index (χ2v) is 17.3. The Labute approximate surface area is 333 Å². The molecule has 3 N–H and O–H groups in total. The quantitative estimate of drug-likeness (QED) is 0.228. The summed E-state index contributed by atoms with van der Waals surface area (Å²) < 4.78 is 54.0. The first-order valence-corrected chi connectivity index (χ1v) is 20.3. The topological polar surface area (TPSA) is 146 Å². The molecule has 2 amide bonds. The van der Waals surface area contributed by atoms with Gasteiger partial charge in [0.25, 0.3) is 11.8 Å². The lowest BCUT2D eigenvalue weighted by atomic mass is 9.69. The van der Waals surface area contributed by atoms with Crippen LogP contribution in [0.4, 0.5) is 24.7 Å². The fourth-order valence-corrected chi connectivity index (χ4v) is 9.43. The number of aliphatic hydroxyl groups is 1. The van der Waals surface area contributed by atoms with Gasteiger partial charge in [-0.05, 0) is 69.5 Å². The van der Waals surface area contributed by atoms with E-state index < -0.39 is 35.3 Å². The van der Waals surface area contributed by atoms with Crippen molar-refractivity contribution < 1.29 is 32.6 Å². The third kappa shape index (κ3) is 6.51. The predicted octanol–water partition coefficient (Wildman–Crippen LogP) is 3.61. The first-order chi connectivity index (χ1) is 27.9. The molecule has 0 radical (unpaired) electrons. The first-order valence-electron chi connectivity index (χ1n) is 20.3. The van der Waals surface area contributed by atoms with Crippen LogP contribution < -0.4 is 19.9 Å². The van der Waals surface area contributed by atoms with Gasteiger partial charge in [-0.2, -0.15) is 5.10 Å². The summed E-state index contributed by atoms with van der Waals surface area (Å²) >= 11 is 0. The first kappa shape index (κ1) is 37.3. The largest absolute Gasteiger partial charge is 0.488 e. The Kier molecular flexibility index (Phi) is 8.87. The van der Waals surface area contributed by atoms with E-state index in [-0.39, 0.29) is 67.3 Å². The van der Waals surface area contributed by atoms with Gasteiger partial charge >= 0.3 is 0 Å². The van der Waals surface area contributed by atoms with Crippen LogP contribution in [0.2, 0.25) is 0 Å². The Bertz CT molecular complexity index is 2270. The molecular weight excluding hydrogens is 754 g/mol. The Balaban J connectivity index is 0.716. The molecule has 1 spiro atoms. The number of benzene rings is 2. The average Bonchev–Trinajstić information content (AvgIpc) is 3.60. The number of nitrogens with zero attached hydrogens (tertiary/aromatic N) is 8. The van der Waals surface area contributed by atoms with Gasteiger partial charge < -0.3 is 29.9 Å². The number of aromatic nitrogens is 4. The van der Waals surface area contributed by atoms with Gasteiger partial charge in [-0.1, -0.05) is 0 Å². The normalized spacial score (nSPS) is 25.2. The highest BCUT2D eigenvalue weighted by molar-refractivity contribution is 5.99. The number of rotatable bonds is 9. The molecule has 17 heteroatoms. The molecule has 14 nitrogen and oxygen atoms in total. The molecule has 6 aliphatic rings. The van der Waals surface area contributed by atoms with E-state index in [9.17, 15) is 14.7 Å². The van der Waals surface area contributed by atoms with Crippen molar-refractivity contribution in [1.29, 1.82) is 0 Å². The van der Waals surface area contributed by atoms with Crippen molar-refractivity contribution in [2.75, 3.05) is 75.2 Å². The second-order valence-electron chi connectivity index (χ2n) is 17.3. The fraction of sp³-hybridized carbons (Fsp3) is 0.537. The summed E-state index contributed by atoms with van der Waals surface area (Å²) in [4.78, 5) is 43.4. The van der Waals surface area contributed by atoms with E-state index in [2.05, 4.69) is 42.2 Å². The van der Waals surface area contributed by atoms with Gasteiger partial charge in [0.1, 0.15) is 35.4 Å². The van der Waals surface area contributed by atoms with Gasteiger partial charge in [0.15, 0.2) is 5.82 Å². The fourth-order valence-electron chi connectivity index (χ4n) is 9.43. The summed E-state index contributed by atoms with van der Waals surface area (Å²) in [6.45, 7) is 6.61. The molecular formula is C41H47F3N10O4. The molecule has 5 fully saturated rings. The van der Waals surface area contributed by atoms with Crippen LogP contribution in [0.5, 0.6) is 5.75 Å². The molecule has 10 rings (SSSR count). The van der Waals surface area contributed by atoms with Gasteiger partial charge in [-0.25, -0.2) is 23.1 Å². The van der Waals surface area contributed by atoms with Gasteiger partial charge in [0.05, 0.1) is 41.4 Å². The van der Waals surface area contributed by atoms with Gasteiger partial charge in [0, 0.05) is 81.4 Å². The number of ether oxygens (including phenoxy) is 1. The van der Waals surface area contributed by atoms with Gasteiger partial charge in [-0.3, -0.25) is 24.5 Å². The molecule has 1 aliphatic carbocycles. The highest BCUT2D eigenvalue weighted by Gasteiger charge is 2.63. The Hall–Kier alpha value is -5.00. The summed E-state index contributed by atoms with van der Waals surface area (Å²) in [6, 6.07) is 10.3. The minimum absolute atomic E-state index is 0.0343. The lowest BCUT2D eigenvalue weighted by Crippen LogP contribution is -2.70. The summed E-state index contributed by atoms with van der Waals surface area (Å²) in [5.41, 5.74) is 1.66. The lowest BCUT2D eigenvalue weighted by molar-refractivity contribution is -0.180. The van der Waals surface area contributed by atoms with Crippen molar-refractivity contribution in [2.45, 2.75) is 69.4 Å². The summed E-state index contributed by atoms with van der Waals surface area (Å²) in [5, 5.41) is 21.4. The molecule has 7 heterocycles. The van der Waals surface area contributed by atoms with Crippen LogP contribution in [-0.2, 0) is 11.3 Å². The van der Waals surface area contributed by atoms with E-state index in [0.717, 1.165) is 72.9 Å². The third-order valence-corrected chi connectivity index (χ3v) is 13.4. The van der Waals surface area contributed by atoms with Crippen LogP contribution in [0.15, 0.2) is 42.7 Å². The van der Waals surface area contributed by atoms with Crippen molar-refractivity contribution in [2.24, 2.45) is 5.41 Å². The van der Waals surface area contributed by atoms with E-state index in [1.807, 2.05) is 29.2 Å². The number of alkyl halides is 2. The number of nitrogens with one attached hydrogen (secondary N) is 2. The van der Waals surface area contributed by atoms with E-state index in [1.165, 1.54) is 11.0 Å². The number of aliphatic hydroxyl groups excluding tert-OH is 1. The number of amides is 2. The van der Waals surface area contributed by atoms with Crippen LogP contribution in [0.1, 0.15) is 54.9 Å². The smallest absolute Gasteiger partial charge is 0.269 e. The zero-order valence-corrected chi connectivity index (χ0v) is 32.4. The van der Waals surface area contributed by atoms with Crippen molar-refractivity contribution in [3.05, 3.63) is 59.7 Å². The number of carbonyl (C=O) groups excluding carboxylic acids is 2. The molecule has 4 saturated heterocycles. The van der Waals surface area contributed by atoms with Crippen molar-refractivity contribution in [3.63, 3.8) is 0 Å². The summed E-state index contributed by atoms with van der Waals surface area (Å²) in [7, 11) is 0. The molecule has 0 bridgehead atoms. The number of aromatic amines is 1. The number of hydrogen-bond acceptors (Lipinski definition) is 11. The van der Waals surface area contributed by atoms with Crippen LogP contribution in [0.25, 0.3) is 22.3 Å². The third-order valence-electron chi connectivity index (χ3n) is 13.4. The highest BCUT2D eigenvalue weighted by atomic mass is 19.3. The zero-order valence-electron chi connectivity index (χ0n) is 32.4. The Morgan fingerprint density at radius 3 is 2.48 bits per heavy atom. The molecule has 2 unspecified atom stereocenters. The van der Waals surface area contributed by atoms with Crippen molar-refractivity contribution >= 4 is 34.2 Å². The monoisotopic (exact) mass is 800 g/mol. The molecule has 58 heavy (non-hydrogen) atoms. The van der Waals surface area contributed by atoms with Crippen LogP contribution >= 0.6 is 0 Å². The molecule has 1 saturated carbocycles. The predicted molar refractivity (Wildman–Crippen MR) is 208 cm³/mol. The summed E-state index contributed by atoms with van der Waals surface area (Å²) in [6.07, 6.45) is 3.17. The molecule has 2 atom stereocenters. The van der Waals surface area contributed by atoms with E-state index in [1.54, 1.807) is 17.3 Å². The lowest BCUT2D eigenvalue weighted by Gasteiger charge is -2.58. The van der Waals surface area contributed by atoms with Crippen LogP contribution in [-0.4, -0.2) is 141 Å². The maximum atomic E-state index is 15.9. The molecule has 2 aromatic heterocycles. The Morgan fingerprint density at radius 2 is 1.72 bits per heavy atom. The molecule has 2 aromatic carbocycles. The molecule has 5 aliphatic heterocycles. The maximum Gasteiger partial charge on any atom is 0.269 e. The van der Waals surface area contributed by atoms with Crippen LogP contribution in [0.3, 0.4) is 0 Å². The number of piperidine rings is 2. The van der Waals surface area contributed by atoms with E-state index in [4.69, 9.17) is 4.74 Å². The number of H-pyrrole nitrogens is 1. The minimum Gasteiger partial charge on any atom is -0.488 e. The number of piperazine rings is 1. The highest BCUT2D eigenvalue weighted by Crippen LogP contribution is 2.52. The van der Waals surface area contributed by atoms with Crippen molar-refractivity contribution in [1.82, 2.24) is 40.2 Å². The van der Waals surface area contributed by atoms with Crippen LogP contribution in [0, 0.1) is 11.2 Å². The second kappa shape index (κ2) is 13.8. The number of carbonyl (C=O) groups is 2. The SMILES string of the molecule is CC1(Oc2ccc3[nH]nc(-c4cc(N5CCN(CCN6CCC7(CN(c8ccc9c(c8F)CN(C8CCC(=O)NC8O)C9=O)C7)C(F)(F)C6)CC5)ncn4)c3c2)CC1. The number of halogens is 3. The number of hydrogen-bond donors (Lipinski definition) is 3. The van der Waals surface area contributed by atoms with Gasteiger partial charge in [0.2, 0.25) is 5.91 Å². The van der Waals surface area contributed by atoms with Crippen molar-refractivity contribution in [3.8, 4) is 17.1 Å². The zero-order chi connectivity index (χ0) is 40.0. The van der Waals surface area contributed by atoms with E-state index >= 15 is 13.2 Å². The number of likely N-dealkylation sites (tertiary alicyclic amines) is 1. The minimum atomic E-state index is -2.95. The summed E-state index contributed by atoms with van der Waals surface area (Å²) in [5.74, 6) is -2.62. The Morgan fingerprint density at radius 1 is 0.931 bits per heavy atom. The number of fused-ring (bicyclic) bond motifs is 2. The average molecular weight is 801 g/mol. The standard InChI is InChI=1S/C41H47F3N10O4/c1-39(8-9-39)58-25-2-4-29-27(18-25)36(49-48-29)30-19-33(46-24-45-30)52-16-14-50(15-17-52)12-13-51-11-10-40(41(43,44)23-51)21-53(22-40)31-5-3-26-28(35(31)42)20-54(38(26)57)32-6-7-34(55)47-37(32)56/h2-5,18-19,24,32,37,56H,6-17,20-23H2,1H3,(H,47,55)(H,48,49). The molecule has 306 valence electrons. The van der Waals surface area contributed by atoms with Gasteiger partial charge in [-0.15, -0.1) is 0 Å². The number of anilines is 2.